The first-order valence-electron chi connectivity index (χ1n) is 8.39. The Labute approximate surface area is 135 Å². The van der Waals surface area contributed by atoms with Crippen molar-refractivity contribution in [3.8, 4) is 0 Å². The minimum Gasteiger partial charge on any atom is -0.454 e. The molecule has 0 bridgehead atoms. The lowest BCUT2D eigenvalue weighted by Gasteiger charge is -2.38. The van der Waals surface area contributed by atoms with Crippen molar-refractivity contribution in [1.29, 1.82) is 0 Å². The molecule has 0 atom stereocenters. The van der Waals surface area contributed by atoms with E-state index in [1.54, 1.807) is 0 Å². The van der Waals surface area contributed by atoms with Crippen LogP contribution < -0.4 is 5.73 Å². The molecule has 0 aliphatic rings. The van der Waals surface area contributed by atoms with Crippen LogP contribution in [-0.4, -0.2) is 72.5 Å². The molecular weight excluding hydrogens is 294 g/mol. The van der Waals surface area contributed by atoms with Gasteiger partial charge in [-0.05, 0) is 72.8 Å². The smallest absolute Gasteiger partial charge is 0.187 e. The van der Waals surface area contributed by atoms with Crippen LogP contribution in [0.2, 0.25) is 26.2 Å². The van der Waals surface area contributed by atoms with Crippen LogP contribution in [0.3, 0.4) is 0 Å². The summed E-state index contributed by atoms with van der Waals surface area (Å²) in [6, 6.07) is 0. The van der Waals surface area contributed by atoms with E-state index in [0.717, 1.165) is 31.8 Å². The van der Waals surface area contributed by atoms with Crippen molar-refractivity contribution in [1.82, 2.24) is 9.80 Å². The lowest BCUT2D eigenvalue weighted by atomic mass is 10.3. The van der Waals surface area contributed by atoms with Crippen LogP contribution in [-0.2, 0) is 4.12 Å². The van der Waals surface area contributed by atoms with Gasteiger partial charge in [-0.15, -0.1) is 0 Å². The Morgan fingerprint density at radius 2 is 1.29 bits per heavy atom. The normalized spacial score (nSPS) is 13.4. The van der Waals surface area contributed by atoms with Crippen molar-refractivity contribution in [2.75, 3.05) is 46.1 Å². The third kappa shape index (κ3) is 11.5. The first-order valence-corrected chi connectivity index (χ1v) is 14.6. The average molecular weight is 334 g/mol. The molecule has 0 unspecified atom stereocenters. The van der Waals surface area contributed by atoms with Gasteiger partial charge in [0.25, 0.3) is 0 Å². The molecular formula is C15H39N3OSi2. The van der Waals surface area contributed by atoms with Crippen LogP contribution in [0.15, 0.2) is 0 Å². The number of rotatable bonds is 12. The Balaban J connectivity index is 4.32. The molecule has 21 heavy (non-hydrogen) atoms. The molecule has 0 saturated carbocycles. The SMILES string of the molecule is CCCCN(C)C[Si](C)(C)O[Si](C)(C)CN(C)CCCN. The van der Waals surface area contributed by atoms with Gasteiger partial charge in [0.2, 0.25) is 0 Å². The molecule has 0 spiro atoms. The molecule has 0 radical (unpaired) electrons. The van der Waals surface area contributed by atoms with E-state index < -0.39 is 16.6 Å². The molecule has 0 aliphatic carbocycles. The number of nitrogens with zero attached hydrogens (tertiary/aromatic N) is 2. The van der Waals surface area contributed by atoms with E-state index >= 15 is 0 Å². The van der Waals surface area contributed by atoms with Crippen molar-refractivity contribution in [2.45, 2.75) is 52.4 Å². The summed E-state index contributed by atoms with van der Waals surface area (Å²) in [6.07, 6.45) is 5.85. The van der Waals surface area contributed by atoms with Gasteiger partial charge in [0, 0.05) is 12.3 Å². The summed E-state index contributed by atoms with van der Waals surface area (Å²) >= 11 is 0. The molecule has 0 fully saturated rings. The van der Waals surface area contributed by atoms with Crippen LogP contribution in [0.1, 0.15) is 26.2 Å². The second-order valence-electron chi connectivity index (χ2n) is 7.59. The van der Waals surface area contributed by atoms with Crippen LogP contribution in [0.4, 0.5) is 0 Å². The Morgan fingerprint density at radius 3 is 1.67 bits per heavy atom. The topological polar surface area (TPSA) is 41.7 Å². The maximum atomic E-state index is 6.69. The number of hydrogen-bond acceptors (Lipinski definition) is 4. The zero-order chi connectivity index (χ0) is 16.5. The molecule has 0 aliphatic heterocycles. The first kappa shape index (κ1) is 21.3. The predicted octanol–water partition coefficient (Wildman–Crippen LogP) is 2.50. The van der Waals surface area contributed by atoms with Gasteiger partial charge in [0.05, 0.1) is 0 Å². The van der Waals surface area contributed by atoms with E-state index in [-0.39, 0.29) is 0 Å². The molecule has 0 aromatic heterocycles. The molecule has 0 saturated heterocycles. The lowest BCUT2D eigenvalue weighted by Crippen LogP contribution is -2.55. The van der Waals surface area contributed by atoms with Gasteiger partial charge in [0.1, 0.15) is 0 Å². The molecule has 6 heteroatoms. The fraction of sp³-hybridized carbons (Fsp3) is 1.00. The second-order valence-corrected chi connectivity index (χ2v) is 16.1. The summed E-state index contributed by atoms with van der Waals surface area (Å²) in [7, 11) is 1.18. The standard InChI is InChI=1S/C15H39N3OSi2/c1-8-9-12-17(2)14-20(4,5)19-21(6,7)15-18(3)13-10-11-16/h8-16H2,1-7H3. The van der Waals surface area contributed by atoms with E-state index in [2.05, 4.69) is 57.0 Å². The van der Waals surface area contributed by atoms with Crippen molar-refractivity contribution in [3.63, 3.8) is 0 Å². The third-order valence-electron chi connectivity index (χ3n) is 3.49. The predicted molar refractivity (Wildman–Crippen MR) is 99.6 cm³/mol. The fourth-order valence-corrected chi connectivity index (χ4v) is 12.5. The summed E-state index contributed by atoms with van der Waals surface area (Å²) in [5.74, 6) is 0. The third-order valence-corrected chi connectivity index (χ3v) is 10.5. The minimum atomic E-state index is -1.63. The molecule has 0 heterocycles. The summed E-state index contributed by atoms with van der Waals surface area (Å²) < 4.78 is 6.69. The van der Waals surface area contributed by atoms with Crippen molar-refractivity contribution in [2.24, 2.45) is 5.73 Å². The zero-order valence-corrected chi connectivity index (χ0v) is 17.5. The van der Waals surface area contributed by atoms with Gasteiger partial charge in [0.15, 0.2) is 16.6 Å². The molecule has 128 valence electrons. The van der Waals surface area contributed by atoms with Crippen molar-refractivity contribution >= 4 is 16.6 Å². The maximum Gasteiger partial charge on any atom is 0.187 e. The Hall–Kier alpha value is 0.274. The van der Waals surface area contributed by atoms with Gasteiger partial charge < -0.3 is 19.6 Å². The van der Waals surface area contributed by atoms with Crippen molar-refractivity contribution < 1.29 is 4.12 Å². The quantitative estimate of drug-likeness (QED) is 0.557. The minimum absolute atomic E-state index is 0.773. The van der Waals surface area contributed by atoms with Crippen LogP contribution in [0, 0.1) is 0 Å². The monoisotopic (exact) mass is 333 g/mol. The summed E-state index contributed by atoms with van der Waals surface area (Å²) in [5.41, 5.74) is 5.59. The number of hydrogen-bond donors (Lipinski definition) is 1. The molecule has 2 N–H and O–H groups in total. The van der Waals surface area contributed by atoms with E-state index in [1.807, 2.05) is 0 Å². The number of nitrogens with two attached hydrogens (primary N) is 1. The maximum absolute atomic E-state index is 6.69. The van der Waals surface area contributed by atoms with Crippen molar-refractivity contribution in [3.05, 3.63) is 0 Å². The molecule has 0 amide bonds. The summed E-state index contributed by atoms with van der Waals surface area (Å²) in [4.78, 5) is 4.85. The highest BCUT2D eigenvalue weighted by Crippen LogP contribution is 2.16. The Bertz CT molecular complexity index is 250. The highest BCUT2D eigenvalue weighted by molar-refractivity contribution is 6.85. The van der Waals surface area contributed by atoms with E-state index in [0.29, 0.717) is 0 Å². The first-order chi connectivity index (χ1) is 9.62. The second kappa shape index (κ2) is 10.1. The fourth-order valence-electron chi connectivity index (χ4n) is 3.06. The number of unbranched alkanes of at least 4 members (excludes halogenated alkanes) is 1. The van der Waals surface area contributed by atoms with Crippen LogP contribution >= 0.6 is 0 Å². The molecule has 0 aromatic carbocycles. The molecule has 4 nitrogen and oxygen atoms in total. The van der Waals surface area contributed by atoms with Crippen LogP contribution in [0.5, 0.6) is 0 Å². The van der Waals surface area contributed by atoms with Gasteiger partial charge in [-0.1, -0.05) is 13.3 Å². The lowest BCUT2D eigenvalue weighted by molar-refractivity contribution is 0.339. The molecule has 0 rings (SSSR count). The Morgan fingerprint density at radius 1 is 0.857 bits per heavy atom. The zero-order valence-electron chi connectivity index (χ0n) is 15.5. The average Bonchev–Trinajstić information content (AvgIpc) is 2.30. The summed E-state index contributed by atoms with van der Waals surface area (Å²) in [6.45, 7) is 14.7. The van der Waals surface area contributed by atoms with Gasteiger partial charge >= 0.3 is 0 Å². The van der Waals surface area contributed by atoms with E-state index in [9.17, 15) is 0 Å². The van der Waals surface area contributed by atoms with E-state index in [1.165, 1.54) is 19.4 Å². The van der Waals surface area contributed by atoms with E-state index in [4.69, 9.17) is 9.85 Å². The van der Waals surface area contributed by atoms with Gasteiger partial charge in [-0.2, -0.15) is 0 Å². The Kier molecular flexibility index (Phi) is 10.3. The highest BCUT2D eigenvalue weighted by Gasteiger charge is 2.34. The van der Waals surface area contributed by atoms with Crippen LogP contribution in [0.25, 0.3) is 0 Å². The molecule has 0 aromatic rings. The van der Waals surface area contributed by atoms with Gasteiger partial charge in [-0.25, -0.2) is 0 Å². The highest BCUT2D eigenvalue weighted by atomic mass is 28.4. The summed E-state index contributed by atoms with van der Waals surface area (Å²) in [5, 5.41) is 0. The largest absolute Gasteiger partial charge is 0.454 e. The van der Waals surface area contributed by atoms with Gasteiger partial charge in [-0.3, -0.25) is 0 Å².